The first kappa shape index (κ1) is 12.1. The van der Waals surface area contributed by atoms with Gasteiger partial charge in [-0.05, 0) is 23.6 Å². The zero-order valence-electron chi connectivity index (χ0n) is 9.20. The Balaban J connectivity index is 2.24. The fraction of sp³-hybridized carbons (Fsp3) is 0.0833. The number of pyridine rings is 1. The lowest BCUT2D eigenvalue weighted by Gasteiger charge is -2.13. The number of nitrogens with zero attached hydrogens (tertiary/aromatic N) is 2. The van der Waals surface area contributed by atoms with Crippen LogP contribution in [0, 0.1) is 11.3 Å². The number of hydrogen-bond acceptors (Lipinski definition) is 5. The van der Waals surface area contributed by atoms with Crippen molar-refractivity contribution in [2.75, 3.05) is 5.32 Å². The highest BCUT2D eigenvalue weighted by Crippen LogP contribution is 2.23. The van der Waals surface area contributed by atoms with Crippen LogP contribution in [0.2, 0.25) is 0 Å². The van der Waals surface area contributed by atoms with Gasteiger partial charge in [0, 0.05) is 11.1 Å². The first-order valence-electron chi connectivity index (χ1n) is 5.09. The van der Waals surface area contributed by atoms with Gasteiger partial charge >= 0.3 is 5.97 Å². The third kappa shape index (κ3) is 2.64. The van der Waals surface area contributed by atoms with Crippen LogP contribution in [-0.4, -0.2) is 16.1 Å². The molecule has 5 nitrogen and oxygen atoms in total. The fourth-order valence-corrected chi connectivity index (χ4v) is 2.20. The molecule has 1 atom stereocenters. The van der Waals surface area contributed by atoms with Crippen molar-refractivity contribution in [2.45, 2.75) is 6.04 Å². The maximum absolute atomic E-state index is 11.2. The number of rotatable bonds is 4. The molecule has 0 aliphatic heterocycles. The van der Waals surface area contributed by atoms with Gasteiger partial charge in [0.1, 0.15) is 5.82 Å². The monoisotopic (exact) mass is 259 g/mol. The Bertz CT molecular complexity index is 590. The Morgan fingerprint density at radius 1 is 1.56 bits per heavy atom. The summed E-state index contributed by atoms with van der Waals surface area (Å²) in [6, 6.07) is 7.73. The van der Waals surface area contributed by atoms with Crippen molar-refractivity contribution in [3.63, 3.8) is 0 Å². The van der Waals surface area contributed by atoms with E-state index in [2.05, 4.69) is 10.3 Å². The summed E-state index contributed by atoms with van der Waals surface area (Å²) in [5, 5.41) is 22.6. The second-order valence-corrected chi connectivity index (χ2v) is 4.45. The highest BCUT2D eigenvalue weighted by Gasteiger charge is 2.20. The molecule has 0 aliphatic rings. The zero-order valence-corrected chi connectivity index (χ0v) is 10.0. The Labute approximate surface area is 107 Å². The Morgan fingerprint density at radius 2 is 2.39 bits per heavy atom. The molecule has 0 bridgehead atoms. The first-order valence-corrected chi connectivity index (χ1v) is 5.97. The maximum Gasteiger partial charge on any atom is 0.331 e. The normalized spacial score (nSPS) is 11.5. The van der Waals surface area contributed by atoms with Crippen molar-refractivity contribution in [1.82, 2.24) is 4.98 Å². The van der Waals surface area contributed by atoms with Gasteiger partial charge in [-0.2, -0.15) is 5.26 Å². The van der Waals surface area contributed by atoms with Gasteiger partial charge in [-0.1, -0.05) is 6.07 Å². The van der Waals surface area contributed by atoms with Gasteiger partial charge in [0.2, 0.25) is 0 Å². The van der Waals surface area contributed by atoms with Crippen LogP contribution in [0.15, 0.2) is 35.8 Å². The first-order chi connectivity index (χ1) is 8.70. The van der Waals surface area contributed by atoms with Crippen molar-refractivity contribution in [3.8, 4) is 6.07 Å². The molecule has 0 spiro atoms. The molecular weight excluding hydrogens is 250 g/mol. The molecule has 90 valence electrons. The third-order valence-electron chi connectivity index (χ3n) is 2.26. The molecule has 0 aromatic carbocycles. The molecule has 1 unspecified atom stereocenters. The lowest BCUT2D eigenvalue weighted by molar-refractivity contribution is -0.138. The van der Waals surface area contributed by atoms with Gasteiger partial charge in [-0.25, -0.2) is 9.78 Å². The molecule has 2 aromatic rings. The SMILES string of the molecule is N#Cc1ccnc(NC(C(=O)O)c2cccs2)c1. The summed E-state index contributed by atoms with van der Waals surface area (Å²) in [6.45, 7) is 0. The average molecular weight is 259 g/mol. The van der Waals surface area contributed by atoms with Crippen molar-refractivity contribution in [2.24, 2.45) is 0 Å². The van der Waals surface area contributed by atoms with Crippen LogP contribution >= 0.6 is 11.3 Å². The van der Waals surface area contributed by atoms with Gasteiger partial charge in [0.15, 0.2) is 6.04 Å². The molecule has 0 fully saturated rings. The molecule has 0 aliphatic carbocycles. The van der Waals surface area contributed by atoms with E-state index in [1.165, 1.54) is 23.6 Å². The second kappa shape index (κ2) is 5.29. The minimum atomic E-state index is -0.985. The van der Waals surface area contributed by atoms with E-state index in [-0.39, 0.29) is 0 Å². The molecule has 2 heterocycles. The summed E-state index contributed by atoms with van der Waals surface area (Å²) in [6.07, 6.45) is 1.47. The van der Waals surface area contributed by atoms with E-state index in [1.807, 2.05) is 11.4 Å². The molecule has 0 saturated heterocycles. The predicted molar refractivity (Wildman–Crippen MR) is 67.3 cm³/mol. The highest BCUT2D eigenvalue weighted by atomic mass is 32.1. The Kier molecular flexibility index (Phi) is 3.55. The number of carboxylic acids is 1. The van der Waals surface area contributed by atoms with E-state index < -0.39 is 12.0 Å². The van der Waals surface area contributed by atoms with Gasteiger partial charge in [-0.15, -0.1) is 11.3 Å². The number of carbonyl (C=O) groups is 1. The van der Waals surface area contributed by atoms with Crippen molar-refractivity contribution in [3.05, 3.63) is 46.3 Å². The largest absolute Gasteiger partial charge is 0.479 e. The average Bonchev–Trinajstić information content (AvgIpc) is 2.89. The van der Waals surface area contributed by atoms with E-state index >= 15 is 0 Å². The summed E-state index contributed by atoms with van der Waals surface area (Å²) in [7, 11) is 0. The number of anilines is 1. The molecule has 18 heavy (non-hydrogen) atoms. The van der Waals surface area contributed by atoms with Crippen LogP contribution in [0.3, 0.4) is 0 Å². The number of hydrogen-bond donors (Lipinski definition) is 2. The van der Waals surface area contributed by atoms with E-state index in [1.54, 1.807) is 18.2 Å². The summed E-state index contributed by atoms with van der Waals surface area (Å²) in [5.74, 6) is -0.614. The Morgan fingerprint density at radius 3 is 3.00 bits per heavy atom. The van der Waals surface area contributed by atoms with Crippen LogP contribution < -0.4 is 5.32 Å². The van der Waals surface area contributed by atoms with E-state index in [0.29, 0.717) is 16.3 Å². The second-order valence-electron chi connectivity index (χ2n) is 3.47. The standard InChI is InChI=1S/C12H9N3O2S/c13-7-8-3-4-14-10(6-8)15-11(12(16)17)9-2-1-5-18-9/h1-6,11H,(H,14,15)(H,16,17). The number of carboxylic acid groups (broad SMARTS) is 1. The fourth-order valence-electron chi connectivity index (χ4n) is 1.44. The van der Waals surface area contributed by atoms with Crippen LogP contribution in [0.25, 0.3) is 0 Å². The van der Waals surface area contributed by atoms with Gasteiger partial charge in [-0.3, -0.25) is 0 Å². The zero-order chi connectivity index (χ0) is 13.0. The third-order valence-corrected chi connectivity index (χ3v) is 3.19. The van der Waals surface area contributed by atoms with Crippen LogP contribution in [0.1, 0.15) is 16.5 Å². The maximum atomic E-state index is 11.2. The Hall–Kier alpha value is -2.39. The van der Waals surface area contributed by atoms with Gasteiger partial charge < -0.3 is 10.4 Å². The molecule has 0 saturated carbocycles. The van der Waals surface area contributed by atoms with Crippen molar-refractivity contribution >= 4 is 23.1 Å². The van der Waals surface area contributed by atoms with Gasteiger partial charge in [0.25, 0.3) is 0 Å². The number of nitrogens with one attached hydrogen (secondary N) is 1. The summed E-state index contributed by atoms with van der Waals surface area (Å²) >= 11 is 1.35. The minimum Gasteiger partial charge on any atom is -0.479 e. The van der Waals surface area contributed by atoms with E-state index in [0.717, 1.165) is 0 Å². The molecule has 0 amide bonds. The molecule has 0 radical (unpaired) electrons. The molecule has 2 aromatic heterocycles. The number of aliphatic carboxylic acids is 1. The summed E-state index contributed by atoms with van der Waals surface area (Å²) in [5.41, 5.74) is 0.433. The summed E-state index contributed by atoms with van der Waals surface area (Å²) < 4.78 is 0. The highest BCUT2D eigenvalue weighted by molar-refractivity contribution is 7.10. The number of nitriles is 1. The summed E-state index contributed by atoms with van der Waals surface area (Å²) in [4.78, 5) is 15.9. The molecule has 2 rings (SSSR count). The predicted octanol–water partition coefficient (Wildman–Crippen LogP) is 2.25. The number of thiophene rings is 1. The van der Waals surface area contributed by atoms with Crippen LogP contribution in [0.4, 0.5) is 5.82 Å². The molecular formula is C12H9N3O2S. The number of aromatic nitrogens is 1. The van der Waals surface area contributed by atoms with Crippen molar-refractivity contribution < 1.29 is 9.90 Å². The van der Waals surface area contributed by atoms with E-state index in [4.69, 9.17) is 5.26 Å². The van der Waals surface area contributed by atoms with Crippen LogP contribution in [-0.2, 0) is 4.79 Å². The smallest absolute Gasteiger partial charge is 0.331 e. The topological polar surface area (TPSA) is 86.0 Å². The molecule has 6 heteroatoms. The quantitative estimate of drug-likeness (QED) is 0.879. The van der Waals surface area contributed by atoms with Crippen molar-refractivity contribution in [1.29, 1.82) is 5.26 Å². The lowest BCUT2D eigenvalue weighted by Crippen LogP contribution is -2.20. The lowest BCUT2D eigenvalue weighted by atomic mass is 10.2. The van der Waals surface area contributed by atoms with Gasteiger partial charge in [0.05, 0.1) is 11.6 Å². The molecule has 2 N–H and O–H groups in total. The van der Waals surface area contributed by atoms with E-state index in [9.17, 15) is 9.90 Å². The minimum absolute atomic E-state index is 0.370. The van der Waals surface area contributed by atoms with Crippen LogP contribution in [0.5, 0.6) is 0 Å².